The second-order valence-corrected chi connectivity index (χ2v) is 5.22. The maximum atomic E-state index is 9.80. The minimum absolute atomic E-state index is 0.337. The molecule has 1 N–H and O–H groups in total. The third-order valence-electron chi connectivity index (χ3n) is 2.82. The largest absolute Gasteiger partial charge is 0.386 e. The molecule has 0 fully saturated rings. The van der Waals surface area contributed by atoms with Crippen molar-refractivity contribution in [3.8, 4) is 0 Å². The Morgan fingerprint density at radius 2 is 1.88 bits per heavy atom. The van der Waals surface area contributed by atoms with Gasteiger partial charge in [-0.2, -0.15) is 0 Å². The van der Waals surface area contributed by atoms with Crippen molar-refractivity contribution >= 4 is 11.3 Å². The van der Waals surface area contributed by atoms with Crippen molar-refractivity contribution in [3.63, 3.8) is 0 Å². The lowest BCUT2D eigenvalue weighted by Crippen LogP contribution is -1.96. The van der Waals surface area contributed by atoms with Crippen LogP contribution in [0.4, 0.5) is 0 Å². The maximum Gasteiger partial charge on any atom is 0.121 e. The van der Waals surface area contributed by atoms with Crippen LogP contribution in [0.2, 0.25) is 0 Å². The molecule has 1 atom stereocenters. The third kappa shape index (κ3) is 5.61. The number of rotatable bonds is 9. The van der Waals surface area contributed by atoms with Crippen LogP contribution in [-0.2, 0) is 0 Å². The van der Waals surface area contributed by atoms with Crippen LogP contribution in [-0.4, -0.2) is 10.1 Å². The highest BCUT2D eigenvalue weighted by molar-refractivity contribution is 7.09. The molecule has 0 spiro atoms. The summed E-state index contributed by atoms with van der Waals surface area (Å²) in [6.45, 7) is 2.24. The molecule has 0 radical (unpaired) electrons. The Morgan fingerprint density at radius 3 is 2.50 bits per heavy atom. The van der Waals surface area contributed by atoms with Crippen molar-refractivity contribution in [2.45, 2.75) is 64.4 Å². The summed E-state index contributed by atoms with van der Waals surface area (Å²) >= 11 is 1.54. The Bertz CT molecular complexity index is 248. The Kier molecular flexibility index (Phi) is 7.43. The van der Waals surface area contributed by atoms with Crippen molar-refractivity contribution in [1.29, 1.82) is 0 Å². The van der Waals surface area contributed by atoms with Crippen molar-refractivity contribution in [2.24, 2.45) is 0 Å². The lowest BCUT2D eigenvalue weighted by Gasteiger charge is -2.06. The summed E-state index contributed by atoms with van der Waals surface area (Å²) in [7, 11) is 0. The van der Waals surface area contributed by atoms with Crippen LogP contribution >= 0.6 is 11.3 Å². The van der Waals surface area contributed by atoms with Gasteiger partial charge in [0.1, 0.15) is 11.1 Å². The van der Waals surface area contributed by atoms with E-state index in [4.69, 9.17) is 0 Å². The predicted molar refractivity (Wildman–Crippen MR) is 69.7 cm³/mol. The van der Waals surface area contributed by atoms with E-state index in [-0.39, 0.29) is 6.10 Å². The molecule has 0 aliphatic rings. The lowest BCUT2D eigenvalue weighted by molar-refractivity contribution is 0.163. The summed E-state index contributed by atoms with van der Waals surface area (Å²) in [6, 6.07) is 0. The van der Waals surface area contributed by atoms with Gasteiger partial charge in [-0.05, 0) is 6.42 Å². The van der Waals surface area contributed by atoms with E-state index in [1.165, 1.54) is 38.5 Å². The molecule has 92 valence electrons. The van der Waals surface area contributed by atoms with Crippen LogP contribution in [0.3, 0.4) is 0 Å². The summed E-state index contributed by atoms with van der Waals surface area (Å²) in [5.41, 5.74) is 0. The fourth-order valence-electron chi connectivity index (χ4n) is 1.82. The summed E-state index contributed by atoms with van der Waals surface area (Å²) in [5, 5.41) is 12.6. The molecule has 0 saturated heterocycles. The molecule has 3 heteroatoms. The van der Waals surface area contributed by atoms with Gasteiger partial charge in [0.2, 0.25) is 0 Å². The number of aliphatic hydroxyl groups excluding tert-OH is 1. The van der Waals surface area contributed by atoms with Gasteiger partial charge < -0.3 is 5.11 Å². The van der Waals surface area contributed by atoms with Crippen LogP contribution < -0.4 is 0 Å². The summed E-state index contributed by atoms with van der Waals surface area (Å²) in [4.78, 5) is 4.12. The molecule has 0 bridgehead atoms. The monoisotopic (exact) mass is 241 g/mol. The highest BCUT2D eigenvalue weighted by atomic mass is 32.1. The van der Waals surface area contributed by atoms with E-state index < -0.39 is 0 Å². The zero-order valence-corrected chi connectivity index (χ0v) is 11.0. The minimum atomic E-state index is -0.337. The first-order chi connectivity index (χ1) is 7.84. The highest BCUT2D eigenvalue weighted by Gasteiger charge is 2.08. The van der Waals surface area contributed by atoms with E-state index in [0.29, 0.717) is 0 Å². The number of thiazole rings is 1. The first-order valence-corrected chi connectivity index (χ1v) is 7.30. The average molecular weight is 241 g/mol. The van der Waals surface area contributed by atoms with E-state index in [1.807, 2.05) is 5.38 Å². The first-order valence-electron chi connectivity index (χ1n) is 6.42. The smallest absolute Gasteiger partial charge is 0.121 e. The summed E-state index contributed by atoms with van der Waals surface area (Å²) in [5.74, 6) is 0. The van der Waals surface area contributed by atoms with Gasteiger partial charge >= 0.3 is 0 Å². The zero-order chi connectivity index (χ0) is 11.6. The van der Waals surface area contributed by atoms with Gasteiger partial charge in [0.15, 0.2) is 0 Å². The fraction of sp³-hybridized carbons (Fsp3) is 0.769. The van der Waals surface area contributed by atoms with Gasteiger partial charge in [-0.15, -0.1) is 11.3 Å². The maximum absolute atomic E-state index is 9.80. The molecule has 0 unspecified atom stereocenters. The Labute approximate surface area is 103 Å². The number of aromatic nitrogens is 1. The van der Waals surface area contributed by atoms with E-state index >= 15 is 0 Å². The van der Waals surface area contributed by atoms with Crippen molar-refractivity contribution < 1.29 is 5.11 Å². The van der Waals surface area contributed by atoms with Crippen LogP contribution in [0, 0.1) is 0 Å². The van der Waals surface area contributed by atoms with E-state index in [1.54, 1.807) is 17.5 Å². The molecule has 16 heavy (non-hydrogen) atoms. The second kappa shape index (κ2) is 8.71. The van der Waals surface area contributed by atoms with Gasteiger partial charge in [-0.1, -0.05) is 51.9 Å². The average Bonchev–Trinajstić information content (AvgIpc) is 2.81. The lowest BCUT2D eigenvalue weighted by atomic mass is 10.1. The SMILES string of the molecule is CCCCCCCCC[C@@H](O)c1nccs1. The molecule has 0 aliphatic heterocycles. The van der Waals surface area contributed by atoms with E-state index in [9.17, 15) is 5.11 Å². The zero-order valence-electron chi connectivity index (χ0n) is 10.2. The van der Waals surface area contributed by atoms with Gasteiger partial charge in [0.25, 0.3) is 0 Å². The molecule has 2 nitrogen and oxygen atoms in total. The number of hydrogen-bond acceptors (Lipinski definition) is 3. The van der Waals surface area contributed by atoms with Crippen LogP contribution in [0.5, 0.6) is 0 Å². The van der Waals surface area contributed by atoms with Crippen molar-refractivity contribution in [2.75, 3.05) is 0 Å². The number of hydrogen-bond donors (Lipinski definition) is 1. The van der Waals surface area contributed by atoms with E-state index in [0.717, 1.165) is 17.8 Å². The second-order valence-electron chi connectivity index (χ2n) is 4.30. The highest BCUT2D eigenvalue weighted by Crippen LogP contribution is 2.21. The Morgan fingerprint density at radius 1 is 1.19 bits per heavy atom. The van der Waals surface area contributed by atoms with Crippen LogP contribution in [0.25, 0.3) is 0 Å². The Balaban J connectivity index is 1.95. The molecule has 1 rings (SSSR count). The normalized spacial score (nSPS) is 12.9. The number of unbranched alkanes of at least 4 members (excludes halogenated alkanes) is 6. The quantitative estimate of drug-likeness (QED) is 0.653. The molecule has 1 heterocycles. The van der Waals surface area contributed by atoms with Gasteiger partial charge in [-0.3, -0.25) is 0 Å². The standard InChI is InChI=1S/C13H23NOS/c1-2-3-4-5-6-7-8-9-12(15)13-14-10-11-16-13/h10-12,15H,2-9H2,1H3/t12-/m1/s1. The van der Waals surface area contributed by atoms with E-state index in [2.05, 4.69) is 11.9 Å². The molecule has 0 aliphatic carbocycles. The molecule has 1 aromatic rings. The van der Waals surface area contributed by atoms with Crippen molar-refractivity contribution in [1.82, 2.24) is 4.98 Å². The third-order valence-corrected chi connectivity index (χ3v) is 3.69. The molecule has 1 aromatic heterocycles. The van der Waals surface area contributed by atoms with Crippen LogP contribution in [0.15, 0.2) is 11.6 Å². The topological polar surface area (TPSA) is 33.1 Å². The Hall–Kier alpha value is -0.410. The molecule has 0 aromatic carbocycles. The molecule has 0 saturated carbocycles. The summed E-state index contributed by atoms with van der Waals surface area (Å²) in [6.07, 6.45) is 11.3. The number of aliphatic hydroxyl groups is 1. The molecular formula is C13H23NOS. The van der Waals surface area contributed by atoms with Gasteiger partial charge in [0, 0.05) is 11.6 Å². The van der Waals surface area contributed by atoms with Gasteiger partial charge in [0.05, 0.1) is 0 Å². The fourth-order valence-corrected chi connectivity index (χ4v) is 2.48. The number of nitrogens with zero attached hydrogens (tertiary/aromatic N) is 1. The van der Waals surface area contributed by atoms with Crippen molar-refractivity contribution in [3.05, 3.63) is 16.6 Å². The summed E-state index contributed by atoms with van der Waals surface area (Å²) < 4.78 is 0. The molecule has 0 amide bonds. The van der Waals surface area contributed by atoms with Crippen LogP contribution in [0.1, 0.15) is 69.4 Å². The van der Waals surface area contributed by atoms with Gasteiger partial charge in [-0.25, -0.2) is 4.98 Å². The predicted octanol–water partition coefficient (Wildman–Crippen LogP) is 4.32. The first kappa shape index (κ1) is 13.7. The minimum Gasteiger partial charge on any atom is -0.386 e. The molecular weight excluding hydrogens is 218 g/mol.